The Morgan fingerprint density at radius 2 is 1.67 bits per heavy atom. The van der Waals surface area contributed by atoms with Crippen LogP contribution < -0.4 is 5.32 Å². The number of nitrogens with one attached hydrogen (secondary N) is 1. The van der Waals surface area contributed by atoms with Crippen LogP contribution >= 0.6 is 0 Å². The molecule has 2 aromatic carbocycles. The molecule has 5 nitrogen and oxygen atoms in total. The van der Waals surface area contributed by atoms with Gasteiger partial charge in [0.2, 0.25) is 0 Å². The Morgan fingerprint density at radius 3 is 2.41 bits per heavy atom. The van der Waals surface area contributed by atoms with Gasteiger partial charge in [-0.15, -0.1) is 0 Å². The lowest BCUT2D eigenvalue weighted by Gasteiger charge is -2.42. The fraction of sp³-hybridized carbons (Fsp3) is 0.364. The van der Waals surface area contributed by atoms with Crippen molar-refractivity contribution in [2.75, 3.05) is 5.32 Å². The molecule has 140 valence electrons. The Bertz CT molecular complexity index is 965. The molecule has 1 saturated carbocycles. The van der Waals surface area contributed by atoms with Gasteiger partial charge in [-0.05, 0) is 49.9 Å². The van der Waals surface area contributed by atoms with Gasteiger partial charge in [0.05, 0.1) is 11.0 Å². The molecule has 0 unspecified atom stereocenters. The molecule has 1 fully saturated rings. The van der Waals surface area contributed by atoms with Gasteiger partial charge in [-0.3, -0.25) is 4.79 Å². The van der Waals surface area contributed by atoms with Crippen LogP contribution in [0.2, 0.25) is 0 Å². The molecule has 1 aliphatic carbocycles. The predicted octanol–water partition coefficient (Wildman–Crippen LogP) is 5.23. The Labute approximate surface area is 159 Å². The lowest BCUT2D eigenvalue weighted by molar-refractivity contribution is -0.134. The summed E-state index contributed by atoms with van der Waals surface area (Å²) < 4.78 is 2.50. The number of anilines is 1. The molecule has 1 spiro atoms. The molecule has 2 heterocycles. The van der Waals surface area contributed by atoms with Gasteiger partial charge < -0.3 is 15.0 Å². The topological polar surface area (TPSA) is 67.2 Å². The average molecular weight is 363 g/mol. The molecular formula is C22H25N3O2. The second kappa shape index (κ2) is 7.06. The maximum Gasteiger partial charge on any atom is 0.300 e. The van der Waals surface area contributed by atoms with E-state index in [4.69, 9.17) is 14.9 Å². The molecule has 2 aliphatic rings. The summed E-state index contributed by atoms with van der Waals surface area (Å²) in [5, 5.41) is 11.3. The molecule has 3 aromatic rings. The number of carbonyl (C=O) groups is 1. The first-order valence-electron chi connectivity index (χ1n) is 9.66. The normalized spacial score (nSPS) is 17.1. The Balaban J connectivity index is 0.000000413. The van der Waals surface area contributed by atoms with E-state index in [0.29, 0.717) is 0 Å². The van der Waals surface area contributed by atoms with Gasteiger partial charge in [-0.2, -0.15) is 0 Å². The Morgan fingerprint density at radius 1 is 1.04 bits per heavy atom. The third kappa shape index (κ3) is 3.18. The zero-order valence-corrected chi connectivity index (χ0v) is 15.6. The number of nitrogens with zero attached hydrogens (tertiary/aromatic N) is 2. The number of carboxylic acid groups (broad SMARTS) is 1. The number of imidazole rings is 1. The number of aromatic nitrogens is 2. The van der Waals surface area contributed by atoms with E-state index in [9.17, 15) is 0 Å². The van der Waals surface area contributed by atoms with Crippen LogP contribution in [0.25, 0.3) is 22.4 Å². The lowest BCUT2D eigenvalue weighted by atomic mass is 9.94. The van der Waals surface area contributed by atoms with Crippen molar-refractivity contribution in [3.8, 4) is 11.4 Å². The summed E-state index contributed by atoms with van der Waals surface area (Å²) in [7, 11) is 0. The van der Waals surface area contributed by atoms with Gasteiger partial charge in [0, 0.05) is 18.2 Å². The van der Waals surface area contributed by atoms with Gasteiger partial charge in [0.25, 0.3) is 5.97 Å². The summed E-state index contributed by atoms with van der Waals surface area (Å²) in [6.07, 6.45) is 7.59. The van der Waals surface area contributed by atoms with Gasteiger partial charge in [0.1, 0.15) is 11.5 Å². The van der Waals surface area contributed by atoms with Gasteiger partial charge >= 0.3 is 0 Å². The van der Waals surface area contributed by atoms with Gasteiger partial charge in [0.15, 0.2) is 0 Å². The summed E-state index contributed by atoms with van der Waals surface area (Å²) >= 11 is 0. The maximum absolute atomic E-state index is 9.00. The van der Waals surface area contributed by atoms with Crippen molar-refractivity contribution in [1.29, 1.82) is 0 Å². The largest absolute Gasteiger partial charge is 0.481 e. The highest BCUT2D eigenvalue weighted by Crippen LogP contribution is 2.46. The average Bonchev–Trinajstić information content (AvgIpc) is 2.91. The summed E-state index contributed by atoms with van der Waals surface area (Å²) in [6.45, 7) is 1.08. The first-order chi connectivity index (χ1) is 13.1. The highest BCUT2D eigenvalue weighted by atomic mass is 16.4. The zero-order valence-electron chi connectivity index (χ0n) is 15.6. The first kappa shape index (κ1) is 17.6. The number of rotatable bonds is 0. The third-order valence-electron chi connectivity index (χ3n) is 5.45. The number of fused-ring (bicyclic) bond motifs is 6. The standard InChI is InChI=1S/C20H21N3.C2H4O2/c1-2-8-14-20(13-7-1)22-16-10-4-3-9-15(16)19-21-17-11-5-6-12-18(17)23(19)20;1-2(3)4/h3-6,9-12,22H,1-2,7-8,13-14H2;1H3,(H,3,4). The van der Waals surface area contributed by atoms with Crippen molar-refractivity contribution in [3.05, 3.63) is 48.5 Å². The van der Waals surface area contributed by atoms with E-state index in [1.165, 1.54) is 55.3 Å². The third-order valence-corrected chi connectivity index (χ3v) is 5.45. The van der Waals surface area contributed by atoms with Crippen molar-refractivity contribution in [2.24, 2.45) is 0 Å². The monoisotopic (exact) mass is 363 g/mol. The van der Waals surface area contributed by atoms with E-state index >= 15 is 0 Å². The first-order valence-corrected chi connectivity index (χ1v) is 9.66. The quantitative estimate of drug-likeness (QED) is 0.574. The minimum absolute atomic E-state index is 0.0176. The molecule has 27 heavy (non-hydrogen) atoms. The number of para-hydroxylation sites is 3. The molecule has 1 aromatic heterocycles. The van der Waals surface area contributed by atoms with Crippen molar-refractivity contribution in [3.63, 3.8) is 0 Å². The second-order valence-corrected chi connectivity index (χ2v) is 7.39. The lowest BCUT2D eigenvalue weighted by Crippen LogP contribution is -2.44. The number of hydrogen-bond donors (Lipinski definition) is 2. The summed E-state index contributed by atoms with van der Waals surface area (Å²) in [6, 6.07) is 17.2. The fourth-order valence-corrected chi connectivity index (χ4v) is 4.40. The SMILES string of the molecule is CC(=O)O.c1ccc2c(c1)NC1(CCCCCC1)n1c-2nc2ccccc21. The van der Waals surface area contributed by atoms with E-state index in [0.717, 1.165) is 18.3 Å². The van der Waals surface area contributed by atoms with Crippen molar-refractivity contribution >= 4 is 22.7 Å². The maximum atomic E-state index is 9.00. The van der Waals surface area contributed by atoms with Crippen LogP contribution in [0.15, 0.2) is 48.5 Å². The van der Waals surface area contributed by atoms with Crippen LogP contribution in [0.1, 0.15) is 45.4 Å². The van der Waals surface area contributed by atoms with Gasteiger partial charge in [-0.1, -0.05) is 37.1 Å². The minimum atomic E-state index is -0.833. The molecule has 5 heteroatoms. The van der Waals surface area contributed by atoms with E-state index in [-0.39, 0.29) is 5.66 Å². The van der Waals surface area contributed by atoms with Crippen LogP contribution in [-0.2, 0) is 10.5 Å². The van der Waals surface area contributed by atoms with E-state index in [1.807, 2.05) is 0 Å². The smallest absolute Gasteiger partial charge is 0.300 e. The molecule has 0 amide bonds. The molecule has 0 atom stereocenters. The number of benzene rings is 2. The van der Waals surface area contributed by atoms with Crippen molar-refractivity contribution in [2.45, 2.75) is 51.1 Å². The second-order valence-electron chi connectivity index (χ2n) is 7.39. The molecular weight excluding hydrogens is 338 g/mol. The van der Waals surface area contributed by atoms with E-state index in [2.05, 4.69) is 58.4 Å². The van der Waals surface area contributed by atoms with Crippen molar-refractivity contribution < 1.29 is 9.90 Å². The highest BCUT2D eigenvalue weighted by molar-refractivity contribution is 5.86. The zero-order chi connectivity index (χ0) is 18.9. The number of aliphatic carboxylic acids is 1. The highest BCUT2D eigenvalue weighted by Gasteiger charge is 2.40. The predicted molar refractivity (Wildman–Crippen MR) is 108 cm³/mol. The summed E-state index contributed by atoms with van der Waals surface area (Å²) in [4.78, 5) is 14.0. The van der Waals surface area contributed by atoms with E-state index in [1.54, 1.807) is 0 Å². The molecule has 0 saturated heterocycles. The molecule has 0 radical (unpaired) electrons. The Hall–Kier alpha value is -2.82. The molecule has 2 N–H and O–H groups in total. The molecule has 1 aliphatic heterocycles. The van der Waals surface area contributed by atoms with Gasteiger partial charge in [-0.25, -0.2) is 4.98 Å². The van der Waals surface area contributed by atoms with Crippen LogP contribution in [0.4, 0.5) is 5.69 Å². The van der Waals surface area contributed by atoms with Crippen LogP contribution in [0.5, 0.6) is 0 Å². The minimum Gasteiger partial charge on any atom is -0.481 e. The molecule has 0 bridgehead atoms. The van der Waals surface area contributed by atoms with Crippen LogP contribution in [0, 0.1) is 0 Å². The summed E-state index contributed by atoms with van der Waals surface area (Å²) in [5.41, 5.74) is 4.79. The van der Waals surface area contributed by atoms with Crippen LogP contribution in [-0.4, -0.2) is 20.6 Å². The van der Waals surface area contributed by atoms with Crippen molar-refractivity contribution in [1.82, 2.24) is 9.55 Å². The van der Waals surface area contributed by atoms with E-state index < -0.39 is 5.97 Å². The fourth-order valence-electron chi connectivity index (χ4n) is 4.40. The van der Waals surface area contributed by atoms with Crippen LogP contribution in [0.3, 0.4) is 0 Å². The number of hydrogen-bond acceptors (Lipinski definition) is 3. The number of carboxylic acids is 1. The molecule has 5 rings (SSSR count). The Kier molecular flexibility index (Phi) is 4.60. The summed E-state index contributed by atoms with van der Waals surface area (Å²) in [5.74, 6) is 0.294.